The highest BCUT2D eigenvalue weighted by Crippen LogP contribution is 2.24. The molecular weight excluding hydrogens is 513 g/mol. The standard InChI is InChI=1S/C26H31ClFN7OS/c1-18-14-25(30-19-5-8-23(28)22(27)15-19)35-26(29-18)31-24(32-35)4-3-13-37-17-21-7-6-20(36-21)16-34-11-9-33(2)10-12-34/h5-8,14-15,30H,3-4,9-13,16-17H2,1-2H3. The van der Waals surface area contributed by atoms with E-state index in [1.807, 2.05) is 24.8 Å². The van der Waals surface area contributed by atoms with Gasteiger partial charge >= 0.3 is 0 Å². The van der Waals surface area contributed by atoms with Gasteiger partial charge in [0.25, 0.3) is 5.78 Å². The lowest BCUT2D eigenvalue weighted by molar-refractivity contribution is 0.140. The fourth-order valence-corrected chi connectivity index (χ4v) is 5.29. The quantitative estimate of drug-likeness (QED) is 0.274. The Bertz CT molecular complexity index is 1350. The van der Waals surface area contributed by atoms with Crippen molar-refractivity contribution in [3.63, 3.8) is 0 Å². The fourth-order valence-electron chi connectivity index (χ4n) is 4.26. The normalized spacial score (nSPS) is 15.0. The SMILES string of the molecule is Cc1cc(Nc2ccc(F)c(Cl)c2)n2nc(CCCSCc3ccc(CN4CCN(C)CC4)o3)nc2n1. The zero-order valence-electron chi connectivity index (χ0n) is 21.1. The summed E-state index contributed by atoms with van der Waals surface area (Å²) in [6, 6.07) is 10.6. The van der Waals surface area contributed by atoms with Gasteiger partial charge in [0.2, 0.25) is 0 Å². The Kier molecular flexibility index (Phi) is 8.29. The van der Waals surface area contributed by atoms with Crippen molar-refractivity contribution < 1.29 is 8.81 Å². The molecule has 0 radical (unpaired) electrons. The summed E-state index contributed by atoms with van der Waals surface area (Å²) in [5.41, 5.74) is 1.47. The number of furan rings is 1. The molecular formula is C26H31ClFN7OS. The number of halogens is 2. The highest BCUT2D eigenvalue weighted by molar-refractivity contribution is 7.98. The number of hydrogen-bond acceptors (Lipinski definition) is 8. The average Bonchev–Trinajstić information content (AvgIpc) is 3.49. The van der Waals surface area contributed by atoms with Gasteiger partial charge in [0, 0.05) is 50.0 Å². The summed E-state index contributed by atoms with van der Waals surface area (Å²) < 4.78 is 21.3. The van der Waals surface area contributed by atoms with Crippen LogP contribution in [0.15, 0.2) is 40.8 Å². The monoisotopic (exact) mass is 543 g/mol. The van der Waals surface area contributed by atoms with Crippen LogP contribution in [0.25, 0.3) is 5.78 Å². The number of rotatable bonds is 10. The molecule has 5 rings (SSSR count). The molecule has 4 heterocycles. The molecule has 0 bridgehead atoms. The molecule has 11 heteroatoms. The first-order valence-corrected chi connectivity index (χ1v) is 14.0. The second-order valence-electron chi connectivity index (χ2n) is 9.38. The summed E-state index contributed by atoms with van der Waals surface area (Å²) in [6.45, 7) is 7.19. The highest BCUT2D eigenvalue weighted by atomic mass is 35.5. The molecule has 0 aliphatic carbocycles. The third-order valence-electron chi connectivity index (χ3n) is 6.30. The van der Waals surface area contributed by atoms with Crippen molar-refractivity contribution in [2.24, 2.45) is 0 Å². The molecule has 1 aliphatic heterocycles. The van der Waals surface area contributed by atoms with Crippen LogP contribution in [0.5, 0.6) is 0 Å². The van der Waals surface area contributed by atoms with E-state index in [4.69, 9.17) is 16.0 Å². The first-order chi connectivity index (χ1) is 17.9. The lowest BCUT2D eigenvalue weighted by Crippen LogP contribution is -2.43. The van der Waals surface area contributed by atoms with Crippen LogP contribution in [0.3, 0.4) is 0 Å². The Morgan fingerprint density at radius 1 is 1.08 bits per heavy atom. The van der Waals surface area contributed by atoms with Crippen LogP contribution in [0.2, 0.25) is 5.02 Å². The number of fused-ring (bicyclic) bond motifs is 1. The number of nitrogens with one attached hydrogen (secondary N) is 1. The van der Waals surface area contributed by atoms with Gasteiger partial charge in [-0.15, -0.1) is 5.10 Å². The van der Waals surface area contributed by atoms with Crippen LogP contribution in [0.4, 0.5) is 15.9 Å². The number of nitrogens with zero attached hydrogens (tertiary/aromatic N) is 6. The van der Waals surface area contributed by atoms with Crippen molar-refractivity contribution in [2.75, 3.05) is 44.3 Å². The van der Waals surface area contributed by atoms with E-state index in [1.54, 1.807) is 16.6 Å². The molecule has 4 aromatic rings. The molecule has 0 saturated carbocycles. The number of piperazine rings is 1. The zero-order chi connectivity index (χ0) is 25.8. The number of thioether (sulfide) groups is 1. The van der Waals surface area contributed by atoms with Gasteiger partial charge in [-0.05, 0) is 56.5 Å². The van der Waals surface area contributed by atoms with Crippen molar-refractivity contribution in [3.8, 4) is 0 Å². The molecule has 0 unspecified atom stereocenters. The van der Waals surface area contributed by atoms with Gasteiger partial charge in [0.1, 0.15) is 23.2 Å². The number of benzene rings is 1. The van der Waals surface area contributed by atoms with Crippen LogP contribution < -0.4 is 5.32 Å². The van der Waals surface area contributed by atoms with E-state index in [9.17, 15) is 4.39 Å². The summed E-state index contributed by atoms with van der Waals surface area (Å²) in [5.74, 6) is 5.42. The lowest BCUT2D eigenvalue weighted by atomic mass is 10.3. The van der Waals surface area contributed by atoms with Gasteiger partial charge in [0.05, 0.1) is 17.3 Å². The third-order valence-corrected chi connectivity index (χ3v) is 7.66. The van der Waals surface area contributed by atoms with Gasteiger partial charge in [-0.3, -0.25) is 4.90 Å². The number of aryl methyl sites for hydroxylation is 2. The maximum atomic E-state index is 13.5. The van der Waals surface area contributed by atoms with Crippen molar-refractivity contribution in [3.05, 3.63) is 70.3 Å². The van der Waals surface area contributed by atoms with Gasteiger partial charge < -0.3 is 14.6 Å². The van der Waals surface area contributed by atoms with Crippen LogP contribution in [-0.2, 0) is 18.7 Å². The molecule has 0 spiro atoms. The minimum atomic E-state index is -0.456. The van der Waals surface area contributed by atoms with Gasteiger partial charge in [-0.25, -0.2) is 9.37 Å². The van der Waals surface area contributed by atoms with Crippen LogP contribution >= 0.6 is 23.4 Å². The Labute approximate surface area is 225 Å². The minimum absolute atomic E-state index is 0.0598. The highest BCUT2D eigenvalue weighted by Gasteiger charge is 2.16. The summed E-state index contributed by atoms with van der Waals surface area (Å²) in [5, 5.41) is 7.95. The van der Waals surface area contributed by atoms with Gasteiger partial charge in [-0.2, -0.15) is 21.3 Å². The third kappa shape index (κ3) is 6.81. The van der Waals surface area contributed by atoms with Crippen LogP contribution in [0, 0.1) is 12.7 Å². The van der Waals surface area contributed by atoms with E-state index < -0.39 is 5.82 Å². The van der Waals surface area contributed by atoms with Crippen LogP contribution in [0.1, 0.15) is 29.5 Å². The van der Waals surface area contributed by atoms with E-state index in [-0.39, 0.29) is 5.02 Å². The lowest BCUT2D eigenvalue weighted by Gasteiger charge is -2.31. The summed E-state index contributed by atoms with van der Waals surface area (Å²) in [7, 11) is 2.17. The van der Waals surface area contributed by atoms with Gasteiger partial charge in [-0.1, -0.05) is 11.6 Å². The summed E-state index contributed by atoms with van der Waals surface area (Å²) >= 11 is 7.78. The maximum absolute atomic E-state index is 13.5. The predicted octanol–water partition coefficient (Wildman–Crippen LogP) is 5.18. The molecule has 37 heavy (non-hydrogen) atoms. The van der Waals surface area contributed by atoms with Crippen molar-refractivity contribution in [1.29, 1.82) is 0 Å². The predicted molar refractivity (Wildman–Crippen MR) is 146 cm³/mol. The van der Waals surface area contributed by atoms with Crippen molar-refractivity contribution in [2.45, 2.75) is 32.1 Å². The largest absolute Gasteiger partial charge is 0.464 e. The van der Waals surface area contributed by atoms with E-state index >= 15 is 0 Å². The van der Waals surface area contributed by atoms with Gasteiger partial charge in [0.15, 0.2) is 5.82 Å². The number of aromatic nitrogens is 4. The maximum Gasteiger partial charge on any atom is 0.254 e. The summed E-state index contributed by atoms with van der Waals surface area (Å²) in [6.07, 6.45) is 1.70. The smallest absolute Gasteiger partial charge is 0.254 e. The first kappa shape index (κ1) is 26.0. The Hall–Kier alpha value is -2.66. The molecule has 1 fully saturated rings. The van der Waals surface area contributed by atoms with E-state index in [0.717, 1.165) is 80.1 Å². The van der Waals surface area contributed by atoms with Crippen molar-refractivity contribution in [1.82, 2.24) is 29.4 Å². The summed E-state index contributed by atoms with van der Waals surface area (Å²) in [4.78, 5) is 13.9. The molecule has 1 aliphatic rings. The Balaban J connectivity index is 1.11. The minimum Gasteiger partial charge on any atom is -0.464 e. The molecule has 0 atom stereocenters. The van der Waals surface area contributed by atoms with E-state index in [2.05, 4.69) is 49.4 Å². The molecule has 1 N–H and O–H groups in total. The number of likely N-dealkylation sites (N-methyl/N-ethyl adjacent to an activating group) is 1. The molecule has 8 nitrogen and oxygen atoms in total. The number of hydrogen-bond donors (Lipinski definition) is 1. The van der Waals surface area contributed by atoms with Crippen LogP contribution in [-0.4, -0.2) is 68.4 Å². The second kappa shape index (κ2) is 11.8. The fraction of sp³-hybridized carbons (Fsp3) is 0.423. The molecule has 3 aromatic heterocycles. The topological polar surface area (TPSA) is 74.7 Å². The zero-order valence-corrected chi connectivity index (χ0v) is 22.7. The average molecular weight is 544 g/mol. The van der Waals surface area contributed by atoms with E-state index in [1.165, 1.54) is 6.07 Å². The first-order valence-electron chi connectivity index (χ1n) is 12.4. The molecule has 1 saturated heterocycles. The van der Waals surface area contributed by atoms with Crippen molar-refractivity contribution >= 4 is 40.6 Å². The second-order valence-corrected chi connectivity index (χ2v) is 10.9. The molecule has 196 valence electrons. The number of anilines is 2. The Morgan fingerprint density at radius 2 is 1.89 bits per heavy atom. The molecule has 0 amide bonds. The Morgan fingerprint density at radius 3 is 2.70 bits per heavy atom. The van der Waals surface area contributed by atoms with E-state index in [0.29, 0.717) is 17.3 Å². The molecule has 1 aromatic carbocycles.